The molecule has 5 N–H and O–H groups in total. The van der Waals surface area contributed by atoms with Crippen molar-refractivity contribution in [3.05, 3.63) is 34.4 Å². The Morgan fingerprint density at radius 2 is 2.30 bits per heavy atom. The molecule has 27 heavy (non-hydrogen) atoms. The van der Waals surface area contributed by atoms with Gasteiger partial charge in [-0.05, 0) is 6.07 Å². The summed E-state index contributed by atoms with van der Waals surface area (Å²) < 4.78 is 6.82. The minimum atomic E-state index is 0.197. The van der Waals surface area contributed by atoms with Gasteiger partial charge in [0.1, 0.15) is 0 Å². The second-order valence-corrected chi connectivity index (χ2v) is 6.72. The molecule has 0 aromatic carbocycles. The molecule has 0 saturated carbocycles. The monoisotopic (exact) mass is 385 g/mol. The van der Waals surface area contributed by atoms with Crippen molar-refractivity contribution in [3.8, 4) is 11.3 Å². The third-order valence-electron chi connectivity index (χ3n) is 3.72. The number of methoxy groups -OCH3 is 1. The van der Waals surface area contributed by atoms with E-state index in [1.807, 2.05) is 12.3 Å². The Morgan fingerprint density at radius 3 is 3.00 bits per heavy atom. The highest BCUT2D eigenvalue weighted by Crippen LogP contribution is 2.27. The fourth-order valence-electron chi connectivity index (χ4n) is 2.37. The number of ether oxygens (including phenoxy) is 1. The number of nitrogen functional groups attached to an aromatic ring is 1. The van der Waals surface area contributed by atoms with Crippen LogP contribution in [-0.4, -0.2) is 39.7 Å². The third-order valence-corrected chi connectivity index (χ3v) is 4.81. The molecule has 0 atom stereocenters. The Bertz CT molecular complexity index is 949. The standard InChI is InChI=1S/C16H19N9OS/c1-26-3-2-25-9-10(6-22-25)13-8-21-16(24-19)15(23-13)20-7-11-4-12(18)14(5-17)27-11/h4-6,8-9,17,19H,2-3,7,18H2,1H3,(H,20,23). The number of nitrogens with zero attached hydrogens (tertiary/aromatic N) is 5. The van der Waals surface area contributed by atoms with Crippen LogP contribution in [-0.2, 0) is 17.8 Å². The molecule has 0 fully saturated rings. The lowest BCUT2D eigenvalue weighted by Gasteiger charge is -2.07. The molecule has 3 aromatic heterocycles. The van der Waals surface area contributed by atoms with Crippen LogP contribution in [0.2, 0.25) is 0 Å². The molecular weight excluding hydrogens is 366 g/mol. The predicted octanol–water partition coefficient (Wildman–Crippen LogP) is 2.90. The maximum Gasteiger partial charge on any atom is 0.216 e. The van der Waals surface area contributed by atoms with E-state index in [0.717, 1.165) is 10.4 Å². The van der Waals surface area contributed by atoms with Crippen LogP contribution >= 0.6 is 11.3 Å². The van der Waals surface area contributed by atoms with E-state index in [0.29, 0.717) is 41.8 Å². The fourth-order valence-corrected chi connectivity index (χ4v) is 3.22. The Hall–Kier alpha value is -3.18. The molecule has 10 nitrogen and oxygen atoms in total. The van der Waals surface area contributed by atoms with Crippen LogP contribution < -0.4 is 11.1 Å². The molecule has 0 aliphatic heterocycles. The lowest BCUT2D eigenvalue weighted by molar-refractivity contribution is 0.183. The molecule has 11 heteroatoms. The first-order valence-electron chi connectivity index (χ1n) is 8.03. The van der Waals surface area contributed by atoms with Crippen molar-refractivity contribution in [2.45, 2.75) is 13.1 Å². The molecule has 0 aliphatic carbocycles. The number of aromatic nitrogens is 4. The van der Waals surface area contributed by atoms with Gasteiger partial charge in [-0.1, -0.05) is 0 Å². The number of rotatable bonds is 9. The van der Waals surface area contributed by atoms with Gasteiger partial charge in [0.25, 0.3) is 0 Å². The third kappa shape index (κ3) is 4.33. The van der Waals surface area contributed by atoms with E-state index in [2.05, 4.69) is 25.5 Å². The summed E-state index contributed by atoms with van der Waals surface area (Å²) in [5.74, 6) is 0.595. The SMILES string of the molecule is COCCn1cc(-c2cnc(N=N)c(NCc3cc(N)c(C=N)s3)n2)cn1. The van der Waals surface area contributed by atoms with Crippen molar-refractivity contribution in [3.63, 3.8) is 0 Å². The van der Waals surface area contributed by atoms with Gasteiger partial charge in [0.05, 0.1) is 48.3 Å². The minimum Gasteiger partial charge on any atom is -0.398 e. The predicted molar refractivity (Wildman–Crippen MR) is 104 cm³/mol. The summed E-state index contributed by atoms with van der Waals surface area (Å²) in [7, 11) is 1.64. The molecule has 0 bridgehead atoms. The van der Waals surface area contributed by atoms with Crippen LogP contribution in [0.1, 0.15) is 9.75 Å². The molecule has 0 unspecified atom stereocenters. The molecule has 0 radical (unpaired) electrons. The molecule has 3 aromatic rings. The van der Waals surface area contributed by atoms with Gasteiger partial charge in [-0.3, -0.25) is 4.68 Å². The second-order valence-electron chi connectivity index (χ2n) is 5.55. The molecular formula is C16H19N9OS. The van der Waals surface area contributed by atoms with E-state index in [1.165, 1.54) is 17.6 Å². The van der Waals surface area contributed by atoms with E-state index in [4.69, 9.17) is 21.4 Å². The van der Waals surface area contributed by atoms with Crippen molar-refractivity contribution in [1.82, 2.24) is 19.7 Å². The zero-order chi connectivity index (χ0) is 19.2. The average molecular weight is 385 g/mol. The summed E-state index contributed by atoms with van der Waals surface area (Å²) >= 11 is 1.42. The molecule has 0 aliphatic rings. The van der Waals surface area contributed by atoms with Crippen LogP contribution in [0.3, 0.4) is 0 Å². The number of nitrogens with one attached hydrogen (secondary N) is 3. The van der Waals surface area contributed by atoms with Crippen molar-refractivity contribution in [1.29, 1.82) is 10.9 Å². The number of anilines is 2. The first-order valence-corrected chi connectivity index (χ1v) is 8.85. The van der Waals surface area contributed by atoms with Gasteiger partial charge in [0.15, 0.2) is 5.82 Å². The van der Waals surface area contributed by atoms with E-state index >= 15 is 0 Å². The first-order chi connectivity index (χ1) is 13.1. The van der Waals surface area contributed by atoms with Crippen LogP contribution in [0.15, 0.2) is 29.8 Å². The summed E-state index contributed by atoms with van der Waals surface area (Å²) in [6, 6.07) is 1.81. The summed E-state index contributed by atoms with van der Waals surface area (Å²) in [5, 5.41) is 18.2. The molecule has 0 saturated heterocycles. The Kier molecular flexibility index (Phi) is 5.84. The summed E-state index contributed by atoms with van der Waals surface area (Å²) in [5.41, 5.74) is 15.2. The van der Waals surface area contributed by atoms with Gasteiger partial charge in [-0.25, -0.2) is 15.5 Å². The Balaban J connectivity index is 1.79. The van der Waals surface area contributed by atoms with Gasteiger partial charge in [0, 0.05) is 30.0 Å². The topological polar surface area (TPSA) is 151 Å². The van der Waals surface area contributed by atoms with Crippen molar-refractivity contribution >= 4 is 34.9 Å². The normalized spacial score (nSPS) is 10.7. The molecule has 3 rings (SSSR count). The molecule has 0 spiro atoms. The van der Waals surface area contributed by atoms with E-state index < -0.39 is 0 Å². The lowest BCUT2D eigenvalue weighted by Crippen LogP contribution is -2.04. The lowest BCUT2D eigenvalue weighted by atomic mass is 10.2. The van der Waals surface area contributed by atoms with Crippen molar-refractivity contribution in [2.24, 2.45) is 5.11 Å². The minimum absolute atomic E-state index is 0.197. The maximum atomic E-state index is 7.33. The van der Waals surface area contributed by atoms with Crippen molar-refractivity contribution < 1.29 is 4.74 Å². The van der Waals surface area contributed by atoms with Crippen LogP contribution in [0.5, 0.6) is 0 Å². The smallest absolute Gasteiger partial charge is 0.216 e. The zero-order valence-electron chi connectivity index (χ0n) is 14.6. The quantitative estimate of drug-likeness (QED) is 0.328. The maximum absolute atomic E-state index is 7.33. The van der Waals surface area contributed by atoms with Gasteiger partial charge >= 0.3 is 0 Å². The average Bonchev–Trinajstić information content (AvgIpc) is 3.30. The molecule has 3 heterocycles. The summed E-state index contributed by atoms with van der Waals surface area (Å²) in [4.78, 5) is 10.4. The van der Waals surface area contributed by atoms with E-state index in [1.54, 1.807) is 24.2 Å². The number of nitrogens with two attached hydrogens (primary N) is 1. The van der Waals surface area contributed by atoms with Crippen LogP contribution in [0.25, 0.3) is 11.3 Å². The van der Waals surface area contributed by atoms with Crippen LogP contribution in [0, 0.1) is 10.9 Å². The van der Waals surface area contributed by atoms with Crippen molar-refractivity contribution in [2.75, 3.05) is 24.8 Å². The van der Waals surface area contributed by atoms with Gasteiger partial charge in [-0.2, -0.15) is 5.10 Å². The highest BCUT2D eigenvalue weighted by molar-refractivity contribution is 7.14. The Labute approximate surface area is 159 Å². The highest BCUT2D eigenvalue weighted by atomic mass is 32.1. The Morgan fingerprint density at radius 1 is 1.44 bits per heavy atom. The van der Waals surface area contributed by atoms with Crippen LogP contribution in [0.4, 0.5) is 17.3 Å². The molecule has 140 valence electrons. The summed E-state index contributed by atoms with van der Waals surface area (Å²) in [6.07, 6.45) is 6.36. The first kappa shape index (κ1) is 18.6. The summed E-state index contributed by atoms with van der Waals surface area (Å²) in [6.45, 7) is 1.65. The number of hydrogen-bond donors (Lipinski definition) is 4. The number of thiophene rings is 1. The highest BCUT2D eigenvalue weighted by Gasteiger charge is 2.11. The van der Waals surface area contributed by atoms with Gasteiger partial charge in [-0.15, -0.1) is 16.5 Å². The fraction of sp³-hybridized carbons (Fsp3) is 0.250. The van der Waals surface area contributed by atoms with Gasteiger partial charge in [0.2, 0.25) is 5.82 Å². The van der Waals surface area contributed by atoms with Gasteiger partial charge < -0.3 is 21.2 Å². The zero-order valence-corrected chi connectivity index (χ0v) is 15.5. The number of hydrogen-bond acceptors (Lipinski definition) is 10. The van der Waals surface area contributed by atoms with E-state index in [-0.39, 0.29) is 5.82 Å². The largest absolute Gasteiger partial charge is 0.398 e. The van der Waals surface area contributed by atoms with E-state index in [9.17, 15) is 0 Å². The second kappa shape index (κ2) is 8.47. The molecule has 0 amide bonds.